The fourth-order valence-corrected chi connectivity index (χ4v) is 1.70. The number of thioether (sulfide) groups is 1. The molecule has 0 bridgehead atoms. The van der Waals surface area contributed by atoms with E-state index in [1.165, 1.54) is 0 Å². The first-order valence-corrected chi connectivity index (χ1v) is 5.52. The van der Waals surface area contributed by atoms with Crippen LogP contribution in [0.15, 0.2) is 0 Å². The summed E-state index contributed by atoms with van der Waals surface area (Å²) in [6.45, 7) is 8.10. The van der Waals surface area contributed by atoms with E-state index in [0.717, 1.165) is 0 Å². The van der Waals surface area contributed by atoms with Crippen molar-refractivity contribution in [2.45, 2.75) is 38.5 Å². The van der Waals surface area contributed by atoms with Crippen LogP contribution in [0.5, 0.6) is 0 Å². The Bertz CT molecular complexity index is 180. The third-order valence-electron chi connectivity index (χ3n) is 2.15. The Hall–Kier alpha value is -0.220. The SMILES string of the molecule is CC(C)C(C)SCC(C)(N)C(N)=O. The maximum absolute atomic E-state index is 10.9. The fourth-order valence-electron chi connectivity index (χ4n) is 0.568. The smallest absolute Gasteiger partial charge is 0.238 e. The largest absolute Gasteiger partial charge is 0.368 e. The second kappa shape index (κ2) is 4.86. The first-order chi connectivity index (χ1) is 5.77. The van der Waals surface area contributed by atoms with Gasteiger partial charge in [-0.15, -0.1) is 0 Å². The van der Waals surface area contributed by atoms with Gasteiger partial charge in [0.15, 0.2) is 0 Å². The van der Waals surface area contributed by atoms with E-state index < -0.39 is 11.4 Å². The van der Waals surface area contributed by atoms with Gasteiger partial charge in [-0.05, 0) is 12.8 Å². The summed E-state index contributed by atoms with van der Waals surface area (Å²) in [5.41, 5.74) is 9.99. The molecule has 0 heterocycles. The Kier molecular flexibility index (Phi) is 4.78. The first kappa shape index (κ1) is 12.8. The van der Waals surface area contributed by atoms with Crippen LogP contribution in [-0.2, 0) is 4.79 Å². The molecule has 0 rings (SSSR count). The van der Waals surface area contributed by atoms with Crippen LogP contribution >= 0.6 is 11.8 Å². The zero-order valence-corrected chi connectivity index (χ0v) is 9.65. The Balaban J connectivity index is 3.95. The lowest BCUT2D eigenvalue weighted by Crippen LogP contribution is -2.51. The van der Waals surface area contributed by atoms with Crippen molar-refractivity contribution in [2.24, 2.45) is 17.4 Å². The highest BCUT2D eigenvalue weighted by atomic mass is 32.2. The van der Waals surface area contributed by atoms with Crippen LogP contribution in [0.4, 0.5) is 0 Å². The average molecular weight is 204 g/mol. The van der Waals surface area contributed by atoms with Crippen molar-refractivity contribution in [3.8, 4) is 0 Å². The first-order valence-electron chi connectivity index (χ1n) is 4.47. The number of carbonyl (C=O) groups is 1. The number of nitrogens with two attached hydrogens (primary N) is 2. The van der Waals surface area contributed by atoms with Crippen LogP contribution in [0.3, 0.4) is 0 Å². The predicted octanol–water partition coefficient (Wildman–Crippen LogP) is 0.967. The third kappa shape index (κ3) is 4.52. The molecule has 0 aliphatic heterocycles. The van der Waals surface area contributed by atoms with Gasteiger partial charge in [0, 0.05) is 11.0 Å². The van der Waals surface area contributed by atoms with Gasteiger partial charge in [-0.2, -0.15) is 11.8 Å². The summed E-state index contributed by atoms with van der Waals surface area (Å²) in [7, 11) is 0. The Labute approximate surface area is 84.6 Å². The standard InChI is InChI=1S/C9H20N2OS/c1-6(2)7(3)13-5-9(4,11)8(10)12/h6-7H,5,11H2,1-4H3,(H2,10,12). The van der Waals surface area contributed by atoms with Crippen LogP contribution in [0.2, 0.25) is 0 Å². The van der Waals surface area contributed by atoms with Crippen LogP contribution in [-0.4, -0.2) is 22.4 Å². The molecule has 0 radical (unpaired) electrons. The number of primary amides is 1. The van der Waals surface area contributed by atoms with Gasteiger partial charge in [-0.1, -0.05) is 20.8 Å². The summed E-state index contributed by atoms with van der Waals surface area (Å²) in [6.07, 6.45) is 0. The molecule has 0 saturated heterocycles. The predicted molar refractivity (Wildman–Crippen MR) is 58.5 cm³/mol. The Morgan fingerprint density at radius 1 is 1.46 bits per heavy atom. The highest BCUT2D eigenvalue weighted by Gasteiger charge is 2.26. The van der Waals surface area contributed by atoms with E-state index in [1.54, 1.807) is 18.7 Å². The van der Waals surface area contributed by atoms with Crippen LogP contribution in [0.1, 0.15) is 27.7 Å². The minimum Gasteiger partial charge on any atom is -0.368 e. The highest BCUT2D eigenvalue weighted by molar-refractivity contribution is 8.00. The molecule has 2 atom stereocenters. The molecule has 0 aromatic carbocycles. The van der Waals surface area contributed by atoms with Crippen molar-refractivity contribution in [1.29, 1.82) is 0 Å². The van der Waals surface area contributed by atoms with Crippen molar-refractivity contribution in [1.82, 2.24) is 0 Å². The van der Waals surface area contributed by atoms with Gasteiger partial charge in [0.25, 0.3) is 0 Å². The molecule has 4 heteroatoms. The number of hydrogen-bond acceptors (Lipinski definition) is 3. The minimum atomic E-state index is -0.881. The lowest BCUT2D eigenvalue weighted by Gasteiger charge is -2.23. The topological polar surface area (TPSA) is 69.1 Å². The monoisotopic (exact) mass is 204 g/mol. The zero-order chi connectivity index (χ0) is 10.6. The summed E-state index contributed by atoms with van der Waals surface area (Å²) in [6, 6.07) is 0. The molecule has 2 unspecified atom stereocenters. The Morgan fingerprint density at radius 3 is 2.23 bits per heavy atom. The molecule has 78 valence electrons. The molecule has 0 aromatic heterocycles. The Morgan fingerprint density at radius 2 is 1.92 bits per heavy atom. The maximum Gasteiger partial charge on any atom is 0.238 e. The molecule has 4 N–H and O–H groups in total. The van der Waals surface area contributed by atoms with Gasteiger partial charge < -0.3 is 11.5 Å². The summed E-state index contributed by atoms with van der Waals surface area (Å²) in [5, 5.41) is 0.502. The van der Waals surface area contributed by atoms with E-state index in [-0.39, 0.29) is 0 Å². The van der Waals surface area contributed by atoms with Crippen LogP contribution in [0, 0.1) is 5.92 Å². The number of rotatable bonds is 5. The van der Waals surface area contributed by atoms with Gasteiger partial charge in [-0.3, -0.25) is 4.79 Å². The van der Waals surface area contributed by atoms with Gasteiger partial charge in [0.1, 0.15) is 5.54 Å². The normalized spacial score (nSPS) is 18.3. The van der Waals surface area contributed by atoms with Crippen LogP contribution < -0.4 is 11.5 Å². The molecule has 1 amide bonds. The second-order valence-corrected chi connectivity index (χ2v) is 5.41. The fraction of sp³-hybridized carbons (Fsp3) is 0.889. The van der Waals surface area contributed by atoms with Gasteiger partial charge in [0.2, 0.25) is 5.91 Å². The van der Waals surface area contributed by atoms with Gasteiger partial charge in [-0.25, -0.2) is 0 Å². The molecule has 0 saturated carbocycles. The van der Waals surface area contributed by atoms with Crippen molar-refractivity contribution in [2.75, 3.05) is 5.75 Å². The highest BCUT2D eigenvalue weighted by Crippen LogP contribution is 2.21. The molecular weight excluding hydrogens is 184 g/mol. The maximum atomic E-state index is 10.9. The van der Waals surface area contributed by atoms with Crippen LogP contribution in [0.25, 0.3) is 0 Å². The quantitative estimate of drug-likeness (QED) is 0.701. The average Bonchev–Trinajstić information content (AvgIpc) is 1.99. The summed E-state index contributed by atoms with van der Waals surface area (Å²) in [4.78, 5) is 10.9. The summed E-state index contributed by atoms with van der Waals surface area (Å²) < 4.78 is 0. The van der Waals surface area contributed by atoms with Crippen molar-refractivity contribution >= 4 is 17.7 Å². The molecule has 0 fully saturated rings. The van der Waals surface area contributed by atoms with E-state index in [9.17, 15) is 4.79 Å². The van der Waals surface area contributed by atoms with Gasteiger partial charge >= 0.3 is 0 Å². The number of amides is 1. The van der Waals surface area contributed by atoms with Gasteiger partial charge in [0.05, 0.1) is 0 Å². The third-order valence-corrected chi connectivity index (χ3v) is 3.98. The lowest BCUT2D eigenvalue weighted by molar-refractivity contribution is -0.121. The molecule has 0 aliphatic carbocycles. The number of carbonyl (C=O) groups excluding carboxylic acids is 1. The molecule has 0 spiro atoms. The second-order valence-electron chi connectivity index (χ2n) is 4.04. The number of hydrogen-bond donors (Lipinski definition) is 2. The molecule has 0 aliphatic rings. The summed E-state index contributed by atoms with van der Waals surface area (Å²) in [5.74, 6) is 0.742. The lowest BCUT2D eigenvalue weighted by atomic mass is 10.1. The van der Waals surface area contributed by atoms with E-state index in [4.69, 9.17) is 11.5 Å². The van der Waals surface area contributed by atoms with Crippen molar-refractivity contribution in [3.05, 3.63) is 0 Å². The van der Waals surface area contributed by atoms with E-state index in [2.05, 4.69) is 20.8 Å². The summed E-state index contributed by atoms with van der Waals surface area (Å²) >= 11 is 1.69. The van der Waals surface area contributed by atoms with E-state index >= 15 is 0 Å². The van der Waals surface area contributed by atoms with E-state index in [1.807, 2.05) is 0 Å². The van der Waals surface area contributed by atoms with E-state index in [0.29, 0.717) is 16.9 Å². The van der Waals surface area contributed by atoms with Crippen molar-refractivity contribution < 1.29 is 4.79 Å². The van der Waals surface area contributed by atoms with Crippen molar-refractivity contribution in [3.63, 3.8) is 0 Å². The zero-order valence-electron chi connectivity index (χ0n) is 8.83. The molecular formula is C9H20N2OS. The molecule has 3 nitrogen and oxygen atoms in total. The molecule has 0 aromatic rings. The molecule has 13 heavy (non-hydrogen) atoms. The minimum absolute atomic E-state index is 0.434.